The number of benzene rings is 4. The summed E-state index contributed by atoms with van der Waals surface area (Å²) in [6.07, 6.45) is 15.0. The summed E-state index contributed by atoms with van der Waals surface area (Å²) >= 11 is 0. The number of nitrogens with zero attached hydrogens (tertiary/aromatic N) is 6. The van der Waals surface area contributed by atoms with E-state index in [-0.39, 0.29) is 5.41 Å². The molecule has 0 atom stereocenters. The Kier molecular flexibility index (Phi) is 5.46. The number of para-hydroxylation sites is 4. The average molecular weight is 623 g/mol. The van der Waals surface area contributed by atoms with Crippen molar-refractivity contribution in [3.63, 3.8) is 0 Å². The lowest BCUT2D eigenvalue weighted by molar-refractivity contribution is -0.0423. The lowest BCUT2D eigenvalue weighted by Crippen LogP contribution is -2.56. The molecule has 12 rings (SSSR count). The molecule has 0 radical (unpaired) electrons. The van der Waals surface area contributed by atoms with Crippen LogP contribution in [-0.2, 0) is 5.41 Å². The van der Waals surface area contributed by atoms with Gasteiger partial charge in [0.15, 0.2) is 0 Å². The van der Waals surface area contributed by atoms with Crippen LogP contribution in [0.25, 0.3) is 55.5 Å². The first kappa shape index (κ1) is 26.7. The van der Waals surface area contributed by atoms with Crippen LogP contribution >= 0.6 is 0 Å². The van der Waals surface area contributed by atoms with Gasteiger partial charge in [-0.2, -0.15) is 0 Å². The Morgan fingerprint density at radius 2 is 0.729 bits per heavy atom. The molecule has 0 N–H and O–H groups in total. The van der Waals surface area contributed by atoms with Crippen molar-refractivity contribution < 1.29 is 0 Å². The molecule has 4 aromatic heterocycles. The van der Waals surface area contributed by atoms with Gasteiger partial charge in [-0.15, -0.1) is 0 Å². The fraction of sp³-hybridized carbons (Fsp3) is 0.238. The number of hydrogen-bond acceptors (Lipinski definition) is 4. The summed E-state index contributed by atoms with van der Waals surface area (Å²) in [5.41, 5.74) is 6.76. The maximum atomic E-state index is 5.16. The van der Waals surface area contributed by atoms with E-state index < -0.39 is 0 Å². The van der Waals surface area contributed by atoms with Gasteiger partial charge < -0.3 is 0 Å². The van der Waals surface area contributed by atoms with Gasteiger partial charge in [0.05, 0.1) is 22.1 Å². The minimum absolute atomic E-state index is 0.188. The van der Waals surface area contributed by atoms with Crippen LogP contribution in [0.2, 0.25) is 0 Å². The maximum Gasteiger partial charge on any atom is 0.234 e. The minimum Gasteiger partial charge on any atom is -0.278 e. The van der Waals surface area contributed by atoms with Crippen LogP contribution in [0.1, 0.15) is 43.2 Å². The lowest BCUT2D eigenvalue weighted by atomic mass is 9.42. The number of hydrogen-bond donors (Lipinski definition) is 0. The predicted molar refractivity (Wildman–Crippen MR) is 191 cm³/mol. The van der Waals surface area contributed by atoms with E-state index in [0.717, 1.165) is 33.9 Å². The van der Waals surface area contributed by atoms with E-state index in [1.807, 2.05) is 0 Å². The fourth-order valence-corrected chi connectivity index (χ4v) is 10.6. The summed E-state index contributed by atoms with van der Waals surface area (Å²) in [6.45, 7) is 0. The van der Waals surface area contributed by atoms with Crippen LogP contribution in [0, 0.1) is 23.7 Å². The summed E-state index contributed by atoms with van der Waals surface area (Å²) in [4.78, 5) is 20.6. The van der Waals surface area contributed by atoms with Gasteiger partial charge in [-0.25, -0.2) is 19.9 Å². The zero-order chi connectivity index (χ0) is 31.4. The first-order valence-corrected chi connectivity index (χ1v) is 17.4. The molecule has 6 heteroatoms. The molecule has 0 spiro atoms. The highest BCUT2D eigenvalue weighted by molar-refractivity contribution is 6.09. The van der Waals surface area contributed by atoms with Gasteiger partial charge in [0.1, 0.15) is 0 Å². The number of aromatic nitrogens is 6. The third-order valence-electron chi connectivity index (χ3n) is 12.2. The second kappa shape index (κ2) is 9.83. The molecule has 0 amide bonds. The molecule has 0 saturated heterocycles. The van der Waals surface area contributed by atoms with Crippen molar-refractivity contribution in [2.24, 2.45) is 23.7 Å². The molecular weight excluding hydrogens is 589 g/mol. The summed E-state index contributed by atoms with van der Waals surface area (Å²) in [7, 11) is 0. The van der Waals surface area contributed by atoms with E-state index in [1.54, 1.807) is 0 Å². The Morgan fingerprint density at radius 3 is 1.06 bits per heavy atom. The third-order valence-corrected chi connectivity index (χ3v) is 12.2. The SMILES string of the molecule is c1ccc2c(c1)c1ccccc1n2-c1ncc(C2(c3cnc(-n4c5ccccc5c5ccccc54)nc3)C3CC4CC(C3)CC2C4)cn1. The normalized spacial score (nSPS) is 22.8. The van der Waals surface area contributed by atoms with Gasteiger partial charge in [0.2, 0.25) is 11.9 Å². The highest BCUT2D eigenvalue weighted by Gasteiger charge is 2.59. The van der Waals surface area contributed by atoms with Crippen molar-refractivity contribution in [2.75, 3.05) is 0 Å². The minimum atomic E-state index is -0.188. The Labute approximate surface area is 278 Å². The molecule has 4 bridgehead atoms. The van der Waals surface area contributed by atoms with E-state index in [4.69, 9.17) is 19.9 Å². The molecule has 0 aliphatic heterocycles. The Balaban J connectivity index is 1.07. The molecule has 4 heterocycles. The van der Waals surface area contributed by atoms with Gasteiger partial charge in [0, 0.05) is 62.9 Å². The molecule has 4 fully saturated rings. The van der Waals surface area contributed by atoms with Crippen molar-refractivity contribution in [1.82, 2.24) is 29.1 Å². The van der Waals surface area contributed by atoms with Crippen LogP contribution in [0.4, 0.5) is 0 Å². The summed E-state index contributed by atoms with van der Waals surface area (Å²) in [5.74, 6) is 4.17. The number of fused-ring (bicyclic) bond motifs is 6. The van der Waals surface area contributed by atoms with Crippen LogP contribution in [0.15, 0.2) is 122 Å². The van der Waals surface area contributed by atoms with E-state index in [1.165, 1.54) is 64.8 Å². The number of rotatable bonds is 4. The second-order valence-corrected chi connectivity index (χ2v) is 14.5. The van der Waals surface area contributed by atoms with Gasteiger partial charge >= 0.3 is 0 Å². The Morgan fingerprint density at radius 1 is 0.417 bits per heavy atom. The summed E-state index contributed by atoms with van der Waals surface area (Å²) < 4.78 is 4.42. The monoisotopic (exact) mass is 622 g/mol. The molecule has 0 unspecified atom stereocenters. The first-order valence-electron chi connectivity index (χ1n) is 17.4. The molecule has 4 aliphatic carbocycles. The van der Waals surface area contributed by atoms with Crippen molar-refractivity contribution in [3.8, 4) is 11.9 Å². The smallest absolute Gasteiger partial charge is 0.234 e. The quantitative estimate of drug-likeness (QED) is 0.196. The standard InChI is InChI=1S/C42H34N6/c1-5-13-36-32(9-1)33-10-2-6-14-37(33)47(36)40-43-22-30(23-44-40)42(28-18-26-17-27(20-28)21-29(42)19-26)31-24-45-41(46-25-31)48-38-15-7-3-11-34(38)35-12-4-8-16-39(35)48/h1-16,22-29H,17-21H2. The topological polar surface area (TPSA) is 61.4 Å². The van der Waals surface area contributed by atoms with Crippen LogP contribution in [0.5, 0.6) is 0 Å². The Bertz CT molecular complexity index is 2230. The van der Waals surface area contributed by atoms with Crippen LogP contribution in [0.3, 0.4) is 0 Å². The first-order chi connectivity index (χ1) is 23.8. The van der Waals surface area contributed by atoms with Crippen LogP contribution in [-0.4, -0.2) is 29.1 Å². The van der Waals surface area contributed by atoms with Crippen LogP contribution < -0.4 is 0 Å². The van der Waals surface area contributed by atoms with Gasteiger partial charge in [0.25, 0.3) is 0 Å². The zero-order valence-electron chi connectivity index (χ0n) is 26.6. The molecule has 48 heavy (non-hydrogen) atoms. The second-order valence-electron chi connectivity index (χ2n) is 14.5. The fourth-order valence-electron chi connectivity index (χ4n) is 10.6. The molecular formula is C42H34N6. The van der Waals surface area contributed by atoms with Gasteiger partial charge in [-0.05, 0) is 80.0 Å². The largest absolute Gasteiger partial charge is 0.278 e. The van der Waals surface area contributed by atoms with Gasteiger partial charge in [-0.1, -0.05) is 72.8 Å². The molecule has 8 aromatic rings. The van der Waals surface area contributed by atoms with Crippen molar-refractivity contribution >= 4 is 43.6 Å². The summed E-state index contributed by atoms with van der Waals surface area (Å²) in [5, 5.41) is 4.88. The third kappa shape index (κ3) is 3.52. The molecule has 4 aliphatic rings. The predicted octanol–water partition coefficient (Wildman–Crippen LogP) is 9.20. The van der Waals surface area contributed by atoms with Crippen molar-refractivity contribution in [2.45, 2.75) is 37.5 Å². The zero-order valence-corrected chi connectivity index (χ0v) is 26.6. The molecule has 232 valence electrons. The highest BCUT2D eigenvalue weighted by Crippen LogP contribution is 2.65. The van der Waals surface area contributed by atoms with Crippen molar-refractivity contribution in [1.29, 1.82) is 0 Å². The van der Waals surface area contributed by atoms with Gasteiger partial charge in [-0.3, -0.25) is 9.13 Å². The maximum absolute atomic E-state index is 5.16. The average Bonchev–Trinajstić information content (AvgIpc) is 3.65. The van der Waals surface area contributed by atoms with E-state index in [2.05, 4.69) is 131 Å². The molecule has 6 nitrogen and oxygen atoms in total. The van der Waals surface area contributed by atoms with E-state index in [0.29, 0.717) is 23.7 Å². The highest BCUT2D eigenvalue weighted by atomic mass is 15.2. The van der Waals surface area contributed by atoms with E-state index >= 15 is 0 Å². The molecule has 4 saturated carbocycles. The lowest BCUT2D eigenvalue weighted by Gasteiger charge is -2.61. The van der Waals surface area contributed by atoms with Crippen molar-refractivity contribution in [3.05, 3.63) is 133 Å². The molecule has 4 aromatic carbocycles. The van der Waals surface area contributed by atoms with E-state index in [9.17, 15) is 0 Å². The summed E-state index contributed by atoms with van der Waals surface area (Å²) in [6, 6.07) is 34.2. The Hall–Kier alpha value is -5.36.